The van der Waals surface area contributed by atoms with Crippen LogP contribution in [0.4, 0.5) is 0 Å². The van der Waals surface area contributed by atoms with Gasteiger partial charge >= 0.3 is 0 Å². The third kappa shape index (κ3) is 2.73. The van der Waals surface area contributed by atoms with Gasteiger partial charge in [0, 0.05) is 19.3 Å². The second kappa shape index (κ2) is 5.37. The molecule has 1 unspecified atom stereocenters. The molecule has 1 aromatic heterocycles. The van der Waals surface area contributed by atoms with E-state index in [9.17, 15) is 0 Å². The highest BCUT2D eigenvalue weighted by molar-refractivity contribution is 5.03. The van der Waals surface area contributed by atoms with Crippen molar-refractivity contribution in [2.45, 2.75) is 56.8 Å². The first kappa shape index (κ1) is 12.1. The molecular weight excluding hydrogens is 224 g/mol. The van der Waals surface area contributed by atoms with E-state index >= 15 is 0 Å². The van der Waals surface area contributed by atoms with E-state index in [1.54, 1.807) is 0 Å². The minimum atomic E-state index is 0.261. The van der Waals surface area contributed by atoms with Crippen molar-refractivity contribution in [1.29, 1.82) is 0 Å². The van der Waals surface area contributed by atoms with Gasteiger partial charge in [-0.15, -0.1) is 0 Å². The van der Waals surface area contributed by atoms with Crippen LogP contribution in [-0.2, 0) is 11.3 Å². The van der Waals surface area contributed by atoms with Crippen molar-refractivity contribution in [3.63, 3.8) is 0 Å². The Morgan fingerprint density at radius 2 is 2.17 bits per heavy atom. The molecule has 1 aliphatic heterocycles. The molecule has 1 spiro atoms. The fraction of sp³-hybridized carbons (Fsp3) is 0.667. The number of rotatable bonds is 4. The monoisotopic (exact) mass is 246 g/mol. The number of ether oxygens (including phenoxy) is 1. The lowest BCUT2D eigenvalue weighted by atomic mass is 9.98. The van der Waals surface area contributed by atoms with Gasteiger partial charge in [-0.1, -0.05) is 18.9 Å². The predicted molar refractivity (Wildman–Crippen MR) is 71.2 cm³/mol. The number of nitrogens with one attached hydrogen (secondary N) is 1. The van der Waals surface area contributed by atoms with Crippen LogP contribution in [0.1, 0.15) is 44.2 Å². The first-order valence-corrected chi connectivity index (χ1v) is 7.15. The summed E-state index contributed by atoms with van der Waals surface area (Å²) in [5.41, 5.74) is 1.36. The van der Waals surface area contributed by atoms with Crippen LogP contribution in [0.3, 0.4) is 0 Å². The van der Waals surface area contributed by atoms with Gasteiger partial charge in [0.2, 0.25) is 0 Å². The van der Waals surface area contributed by atoms with Gasteiger partial charge < -0.3 is 10.1 Å². The van der Waals surface area contributed by atoms with Crippen molar-refractivity contribution in [3.8, 4) is 0 Å². The molecule has 0 aromatic carbocycles. The third-order valence-electron chi connectivity index (χ3n) is 4.26. The lowest BCUT2D eigenvalue weighted by molar-refractivity contribution is -0.0351. The van der Waals surface area contributed by atoms with Crippen LogP contribution < -0.4 is 5.32 Å². The lowest BCUT2D eigenvalue weighted by Gasteiger charge is -2.23. The van der Waals surface area contributed by atoms with Gasteiger partial charge in [-0.05, 0) is 37.8 Å². The maximum atomic E-state index is 6.26. The van der Waals surface area contributed by atoms with Crippen LogP contribution >= 0.6 is 0 Å². The smallest absolute Gasteiger partial charge is 0.0708 e. The summed E-state index contributed by atoms with van der Waals surface area (Å²) in [6, 6.07) is 6.04. The van der Waals surface area contributed by atoms with E-state index < -0.39 is 0 Å². The van der Waals surface area contributed by atoms with E-state index in [4.69, 9.17) is 4.74 Å². The topological polar surface area (TPSA) is 34.1 Å². The Kier molecular flexibility index (Phi) is 3.62. The molecule has 0 amide bonds. The van der Waals surface area contributed by atoms with Gasteiger partial charge in [-0.25, -0.2) is 0 Å². The Morgan fingerprint density at radius 3 is 2.94 bits per heavy atom. The minimum absolute atomic E-state index is 0.261. The Bertz CT molecular complexity index is 373. The number of hydrogen-bond donors (Lipinski definition) is 1. The molecule has 0 bridgehead atoms. The molecule has 3 nitrogen and oxygen atoms in total. The number of pyridine rings is 1. The molecule has 0 radical (unpaired) electrons. The largest absolute Gasteiger partial charge is 0.370 e. The average molecular weight is 246 g/mol. The van der Waals surface area contributed by atoms with E-state index in [1.807, 2.05) is 18.3 Å². The molecule has 1 atom stereocenters. The van der Waals surface area contributed by atoms with Crippen LogP contribution in [-0.4, -0.2) is 23.2 Å². The number of nitrogens with zero attached hydrogens (tertiary/aromatic N) is 1. The highest BCUT2D eigenvalue weighted by Crippen LogP contribution is 2.43. The van der Waals surface area contributed by atoms with Gasteiger partial charge in [0.25, 0.3) is 0 Å². The molecule has 2 heterocycles. The van der Waals surface area contributed by atoms with Crippen molar-refractivity contribution in [2.75, 3.05) is 6.54 Å². The van der Waals surface area contributed by atoms with Gasteiger partial charge in [0.05, 0.1) is 17.4 Å². The Labute approximate surface area is 109 Å². The van der Waals surface area contributed by atoms with Crippen LogP contribution in [0.2, 0.25) is 0 Å². The Morgan fingerprint density at radius 1 is 1.28 bits per heavy atom. The molecule has 1 saturated carbocycles. The van der Waals surface area contributed by atoms with Crippen molar-refractivity contribution in [1.82, 2.24) is 10.3 Å². The molecule has 1 saturated heterocycles. The highest BCUT2D eigenvalue weighted by Gasteiger charge is 2.41. The molecule has 1 aliphatic carbocycles. The zero-order valence-electron chi connectivity index (χ0n) is 10.9. The zero-order valence-corrected chi connectivity index (χ0v) is 10.9. The summed E-state index contributed by atoms with van der Waals surface area (Å²) in [5, 5.41) is 3.46. The summed E-state index contributed by atoms with van der Waals surface area (Å²) in [7, 11) is 0. The van der Waals surface area contributed by atoms with Crippen molar-refractivity contribution >= 4 is 0 Å². The first-order chi connectivity index (χ1) is 8.86. The minimum Gasteiger partial charge on any atom is -0.370 e. The summed E-state index contributed by atoms with van der Waals surface area (Å²) in [5.74, 6) is 0. The maximum absolute atomic E-state index is 6.26. The summed E-state index contributed by atoms with van der Waals surface area (Å²) >= 11 is 0. The second-order valence-electron chi connectivity index (χ2n) is 5.62. The van der Waals surface area contributed by atoms with E-state index in [0.717, 1.165) is 18.8 Å². The summed E-state index contributed by atoms with van der Waals surface area (Å²) in [4.78, 5) is 4.31. The molecule has 98 valence electrons. The molecule has 2 aliphatic rings. The number of hydrogen-bond acceptors (Lipinski definition) is 3. The lowest BCUT2D eigenvalue weighted by Crippen LogP contribution is -2.30. The zero-order chi connectivity index (χ0) is 12.3. The summed E-state index contributed by atoms with van der Waals surface area (Å²) < 4.78 is 6.26. The van der Waals surface area contributed by atoms with Crippen LogP contribution in [0.5, 0.6) is 0 Å². The van der Waals surface area contributed by atoms with Crippen LogP contribution in [0, 0.1) is 0 Å². The Balaban J connectivity index is 1.42. The fourth-order valence-corrected chi connectivity index (χ4v) is 3.29. The molecule has 18 heavy (non-hydrogen) atoms. The molecule has 2 fully saturated rings. The van der Waals surface area contributed by atoms with Gasteiger partial charge in [-0.2, -0.15) is 0 Å². The van der Waals surface area contributed by atoms with Crippen molar-refractivity contribution < 1.29 is 4.74 Å². The van der Waals surface area contributed by atoms with Crippen molar-refractivity contribution in [3.05, 3.63) is 30.1 Å². The van der Waals surface area contributed by atoms with Crippen LogP contribution in [0.15, 0.2) is 24.4 Å². The first-order valence-electron chi connectivity index (χ1n) is 7.15. The third-order valence-corrected chi connectivity index (χ3v) is 4.26. The quantitative estimate of drug-likeness (QED) is 0.887. The van der Waals surface area contributed by atoms with Crippen LogP contribution in [0.25, 0.3) is 0 Å². The van der Waals surface area contributed by atoms with E-state index in [1.165, 1.54) is 38.5 Å². The SMILES string of the molecule is c1ccc(CNCC2CCC3(CCCC3)O2)nc1. The van der Waals surface area contributed by atoms with Gasteiger partial charge in [0.1, 0.15) is 0 Å². The predicted octanol–water partition coefficient (Wildman–Crippen LogP) is 2.66. The van der Waals surface area contributed by atoms with Crippen molar-refractivity contribution in [2.24, 2.45) is 0 Å². The van der Waals surface area contributed by atoms with Gasteiger partial charge in [-0.3, -0.25) is 4.98 Å². The molecule has 1 aromatic rings. The van der Waals surface area contributed by atoms with Gasteiger partial charge in [0.15, 0.2) is 0 Å². The number of aromatic nitrogens is 1. The second-order valence-corrected chi connectivity index (χ2v) is 5.62. The van der Waals surface area contributed by atoms with E-state index in [-0.39, 0.29) is 5.60 Å². The molecule has 1 N–H and O–H groups in total. The highest BCUT2D eigenvalue weighted by atomic mass is 16.5. The standard InChI is InChI=1S/C15H22N2O/c1-4-10-17-13(5-1)11-16-12-14-6-9-15(18-14)7-2-3-8-15/h1,4-5,10,14,16H,2-3,6-9,11-12H2. The van der Waals surface area contributed by atoms with E-state index in [0.29, 0.717) is 6.10 Å². The molecule has 3 heteroatoms. The summed E-state index contributed by atoms with van der Waals surface area (Å²) in [6.07, 6.45) is 10.0. The molecular formula is C15H22N2O. The maximum Gasteiger partial charge on any atom is 0.0708 e. The Hall–Kier alpha value is -0.930. The average Bonchev–Trinajstić information content (AvgIpc) is 3.02. The van der Waals surface area contributed by atoms with E-state index in [2.05, 4.69) is 16.4 Å². The summed E-state index contributed by atoms with van der Waals surface area (Å²) in [6.45, 7) is 1.80. The fourth-order valence-electron chi connectivity index (χ4n) is 3.29. The molecule has 3 rings (SSSR count). The normalized spacial score (nSPS) is 25.9.